The fraction of sp³-hybridized carbons (Fsp3) is 0.438. The van der Waals surface area contributed by atoms with Crippen molar-refractivity contribution in [2.24, 2.45) is 0 Å². The normalized spacial score (nSPS) is 13.8. The molecule has 0 spiro atoms. The number of nitrogens with zero attached hydrogens (tertiary/aromatic N) is 1. The summed E-state index contributed by atoms with van der Waals surface area (Å²) in [5.41, 5.74) is 2.84. The van der Waals surface area contributed by atoms with E-state index in [0.717, 1.165) is 25.6 Å². The summed E-state index contributed by atoms with van der Waals surface area (Å²) < 4.78 is 0. The van der Waals surface area contributed by atoms with Crippen LogP contribution in [-0.4, -0.2) is 46.2 Å². The van der Waals surface area contributed by atoms with Crippen molar-refractivity contribution in [3.8, 4) is 0 Å². The van der Waals surface area contributed by atoms with E-state index in [4.69, 9.17) is 10.2 Å². The van der Waals surface area contributed by atoms with E-state index in [1.807, 2.05) is 11.9 Å². The molecule has 0 aliphatic carbocycles. The van der Waals surface area contributed by atoms with Crippen LogP contribution < -0.4 is 5.43 Å². The van der Waals surface area contributed by atoms with Crippen LogP contribution in [0, 0.1) is 0 Å². The van der Waals surface area contributed by atoms with Crippen molar-refractivity contribution in [1.29, 1.82) is 0 Å². The zero-order valence-corrected chi connectivity index (χ0v) is 13.1. The maximum Gasteiger partial charge on any atom is 0.335 e. The van der Waals surface area contributed by atoms with Crippen LogP contribution in [0.5, 0.6) is 0 Å². The maximum atomic E-state index is 11.0. The summed E-state index contributed by atoms with van der Waals surface area (Å²) in [6.45, 7) is 4.06. The number of benzene rings is 1. The first-order valence-corrected chi connectivity index (χ1v) is 7.55. The Bertz CT molecular complexity index is 524. The molecular weight excluding hydrogens is 300 g/mol. The number of carbonyl (C=O) groups excluding carboxylic acids is 1. The monoisotopic (exact) mass is 322 g/mol. The van der Waals surface area contributed by atoms with E-state index >= 15 is 0 Å². The molecule has 1 amide bonds. The van der Waals surface area contributed by atoms with E-state index in [-0.39, 0.29) is 17.0 Å². The van der Waals surface area contributed by atoms with Crippen LogP contribution in [0.1, 0.15) is 53.3 Å². The zero-order chi connectivity index (χ0) is 17.2. The Labute approximate surface area is 134 Å². The first-order chi connectivity index (χ1) is 10.9. The number of nitrogens with one attached hydrogen (secondary N) is 1. The topological polar surface area (TPSA) is 107 Å². The molecule has 1 heterocycles. The van der Waals surface area contributed by atoms with Crippen LogP contribution in [0.2, 0.25) is 0 Å². The lowest BCUT2D eigenvalue weighted by molar-refractivity contribution is -0.125. The lowest BCUT2D eigenvalue weighted by Gasteiger charge is -2.15. The van der Waals surface area contributed by atoms with Gasteiger partial charge in [-0.1, -0.05) is 13.0 Å². The third-order valence-corrected chi connectivity index (χ3v) is 3.22. The van der Waals surface area contributed by atoms with Gasteiger partial charge in [-0.2, -0.15) is 0 Å². The molecule has 7 nitrogen and oxygen atoms in total. The minimum Gasteiger partial charge on any atom is -0.478 e. The summed E-state index contributed by atoms with van der Waals surface area (Å²) in [5, 5.41) is 19.0. The minimum atomic E-state index is -1.13. The highest BCUT2D eigenvalue weighted by Crippen LogP contribution is 2.05. The van der Waals surface area contributed by atoms with E-state index in [9.17, 15) is 14.4 Å². The standard InChI is InChI=1S/C8H16N2O.C8H6O4/c1-2-5-8(11)9-10-6-3-4-7-10;9-7(10)5-2-1-3-6(4-5)8(11)12/h2-7H2,1H3,(H,9,11);1-4H,(H,9,10)(H,11,12). The summed E-state index contributed by atoms with van der Waals surface area (Å²) >= 11 is 0. The summed E-state index contributed by atoms with van der Waals surface area (Å²) in [6, 6.07) is 5.20. The highest BCUT2D eigenvalue weighted by Gasteiger charge is 2.12. The van der Waals surface area contributed by atoms with Crippen molar-refractivity contribution in [3.05, 3.63) is 35.4 Å². The Balaban J connectivity index is 0.000000231. The number of hydrazine groups is 1. The third kappa shape index (κ3) is 6.92. The molecule has 1 aromatic carbocycles. The van der Waals surface area contributed by atoms with Crippen molar-refractivity contribution < 1.29 is 24.6 Å². The van der Waals surface area contributed by atoms with Crippen molar-refractivity contribution in [1.82, 2.24) is 10.4 Å². The van der Waals surface area contributed by atoms with Crippen LogP contribution in [0.4, 0.5) is 0 Å². The maximum absolute atomic E-state index is 11.0. The predicted octanol–water partition coefficient (Wildman–Crippen LogP) is 2.00. The molecule has 7 heteroatoms. The number of hydrogen-bond donors (Lipinski definition) is 3. The van der Waals surface area contributed by atoms with Gasteiger partial charge < -0.3 is 10.2 Å². The molecule has 126 valence electrons. The van der Waals surface area contributed by atoms with Gasteiger partial charge in [-0.05, 0) is 37.5 Å². The van der Waals surface area contributed by atoms with Gasteiger partial charge in [0, 0.05) is 19.5 Å². The molecule has 0 unspecified atom stereocenters. The van der Waals surface area contributed by atoms with E-state index in [0.29, 0.717) is 6.42 Å². The number of carboxylic acid groups (broad SMARTS) is 2. The van der Waals surface area contributed by atoms with Crippen molar-refractivity contribution in [2.45, 2.75) is 32.6 Å². The molecule has 1 aliphatic heterocycles. The van der Waals surface area contributed by atoms with Gasteiger partial charge in [-0.3, -0.25) is 10.2 Å². The summed E-state index contributed by atoms with van der Waals surface area (Å²) in [4.78, 5) is 31.8. The molecule has 0 aromatic heterocycles. The van der Waals surface area contributed by atoms with Crippen LogP contribution >= 0.6 is 0 Å². The van der Waals surface area contributed by atoms with Crippen molar-refractivity contribution in [2.75, 3.05) is 13.1 Å². The molecule has 0 atom stereocenters. The Hall–Kier alpha value is -2.41. The largest absolute Gasteiger partial charge is 0.478 e. The summed E-state index contributed by atoms with van der Waals surface area (Å²) in [7, 11) is 0. The fourth-order valence-corrected chi connectivity index (χ4v) is 2.07. The zero-order valence-electron chi connectivity index (χ0n) is 13.1. The molecule has 3 N–H and O–H groups in total. The lowest BCUT2D eigenvalue weighted by atomic mass is 10.1. The quantitative estimate of drug-likeness (QED) is 0.765. The molecule has 1 saturated heterocycles. The Morgan fingerprint density at radius 3 is 2.04 bits per heavy atom. The Kier molecular flexibility index (Phi) is 7.76. The molecule has 1 aliphatic rings. The van der Waals surface area contributed by atoms with Gasteiger partial charge in [0.2, 0.25) is 5.91 Å². The second-order valence-electron chi connectivity index (χ2n) is 5.17. The number of aromatic carboxylic acids is 2. The second kappa shape index (κ2) is 9.58. The average Bonchev–Trinajstić information content (AvgIpc) is 3.01. The molecule has 0 radical (unpaired) electrons. The van der Waals surface area contributed by atoms with Gasteiger partial charge >= 0.3 is 11.9 Å². The molecule has 0 bridgehead atoms. The number of carboxylic acids is 2. The Morgan fingerprint density at radius 2 is 1.61 bits per heavy atom. The van der Waals surface area contributed by atoms with E-state index in [1.165, 1.54) is 31.0 Å². The number of hydrogen-bond acceptors (Lipinski definition) is 4. The lowest BCUT2D eigenvalue weighted by Crippen LogP contribution is -2.39. The molecule has 23 heavy (non-hydrogen) atoms. The van der Waals surface area contributed by atoms with Crippen molar-refractivity contribution >= 4 is 17.8 Å². The van der Waals surface area contributed by atoms with Crippen LogP contribution in [0.3, 0.4) is 0 Å². The van der Waals surface area contributed by atoms with Gasteiger partial charge in [-0.25, -0.2) is 14.6 Å². The molecule has 1 aromatic rings. The van der Waals surface area contributed by atoms with Crippen LogP contribution in [0.25, 0.3) is 0 Å². The van der Waals surface area contributed by atoms with E-state index in [1.54, 1.807) is 0 Å². The van der Waals surface area contributed by atoms with Gasteiger partial charge in [0.1, 0.15) is 0 Å². The van der Waals surface area contributed by atoms with Crippen molar-refractivity contribution in [3.63, 3.8) is 0 Å². The summed E-state index contributed by atoms with van der Waals surface area (Å²) in [6.07, 6.45) is 4.01. The summed E-state index contributed by atoms with van der Waals surface area (Å²) in [5.74, 6) is -2.09. The van der Waals surface area contributed by atoms with Gasteiger partial charge in [0.25, 0.3) is 0 Å². The van der Waals surface area contributed by atoms with Gasteiger partial charge in [-0.15, -0.1) is 0 Å². The fourth-order valence-electron chi connectivity index (χ4n) is 2.07. The molecule has 1 fully saturated rings. The predicted molar refractivity (Wildman–Crippen MR) is 84.2 cm³/mol. The van der Waals surface area contributed by atoms with E-state index in [2.05, 4.69) is 5.43 Å². The number of amides is 1. The first kappa shape index (κ1) is 18.6. The molecular formula is C16H22N2O5. The second-order valence-corrected chi connectivity index (χ2v) is 5.17. The molecule has 0 saturated carbocycles. The number of carbonyl (C=O) groups is 3. The Morgan fingerprint density at radius 1 is 1.09 bits per heavy atom. The smallest absolute Gasteiger partial charge is 0.335 e. The van der Waals surface area contributed by atoms with Gasteiger partial charge in [0.05, 0.1) is 11.1 Å². The molecule has 2 rings (SSSR count). The number of rotatable bonds is 5. The van der Waals surface area contributed by atoms with Crippen LogP contribution in [-0.2, 0) is 4.79 Å². The van der Waals surface area contributed by atoms with Gasteiger partial charge in [0.15, 0.2) is 0 Å². The third-order valence-electron chi connectivity index (χ3n) is 3.22. The average molecular weight is 322 g/mol. The SMILES string of the molecule is CCCC(=O)NN1CCCC1.O=C(O)c1cccc(C(=O)O)c1. The van der Waals surface area contributed by atoms with Crippen LogP contribution in [0.15, 0.2) is 24.3 Å². The highest BCUT2D eigenvalue weighted by molar-refractivity contribution is 5.93. The minimum absolute atomic E-state index is 0.0186. The van der Waals surface area contributed by atoms with E-state index < -0.39 is 11.9 Å². The first-order valence-electron chi connectivity index (χ1n) is 7.55. The highest BCUT2D eigenvalue weighted by atomic mass is 16.4.